The molecule has 1 aromatic rings. The van der Waals surface area contributed by atoms with E-state index in [0.29, 0.717) is 6.42 Å². The Morgan fingerprint density at radius 2 is 1.70 bits per heavy atom. The van der Waals surface area contributed by atoms with Gasteiger partial charge in [-0.1, -0.05) is 37.3 Å². The van der Waals surface area contributed by atoms with E-state index >= 15 is 0 Å². The molecular weight excluding hydrogens is 313 g/mol. The van der Waals surface area contributed by atoms with E-state index < -0.39 is 24.2 Å². The topological polar surface area (TPSA) is 52.6 Å². The van der Waals surface area contributed by atoms with Gasteiger partial charge < -0.3 is 9.47 Å². The normalized spacial score (nSPS) is 12.5. The number of halogens is 3. The highest BCUT2D eigenvalue weighted by Crippen LogP contribution is 2.36. The van der Waals surface area contributed by atoms with Crippen LogP contribution >= 0.6 is 0 Å². The first-order chi connectivity index (χ1) is 10.8. The lowest BCUT2D eigenvalue weighted by Crippen LogP contribution is -2.26. The lowest BCUT2D eigenvalue weighted by atomic mass is 10.1. The monoisotopic (exact) mass is 332 g/mol. The maximum absolute atomic E-state index is 13.0. The summed E-state index contributed by atoms with van der Waals surface area (Å²) in [5.41, 5.74) is -0.143. The van der Waals surface area contributed by atoms with E-state index in [-0.39, 0.29) is 31.4 Å². The SMILES string of the molecule is CCCOC(=O)CCCC(=O)OC(c1ccccc1)C(F)(F)F. The van der Waals surface area contributed by atoms with Crippen LogP contribution < -0.4 is 0 Å². The Morgan fingerprint density at radius 3 is 2.26 bits per heavy atom. The van der Waals surface area contributed by atoms with Gasteiger partial charge in [0.1, 0.15) is 0 Å². The Kier molecular flexibility index (Phi) is 7.57. The maximum atomic E-state index is 13.0. The molecular formula is C16H19F3O4. The molecule has 0 N–H and O–H groups in total. The van der Waals surface area contributed by atoms with Crippen LogP contribution in [0.2, 0.25) is 0 Å². The number of hydrogen-bond acceptors (Lipinski definition) is 4. The molecule has 0 saturated heterocycles. The Morgan fingerprint density at radius 1 is 1.09 bits per heavy atom. The Labute approximate surface area is 132 Å². The summed E-state index contributed by atoms with van der Waals surface area (Å²) in [7, 11) is 0. The predicted octanol–water partition coefficient (Wildman–Crippen LogP) is 3.96. The second kappa shape index (κ2) is 9.17. The maximum Gasteiger partial charge on any atom is 0.429 e. The first-order valence-electron chi connectivity index (χ1n) is 7.31. The number of benzene rings is 1. The number of hydrogen-bond donors (Lipinski definition) is 0. The molecule has 0 aromatic heterocycles. The van der Waals surface area contributed by atoms with Crippen LogP contribution in [-0.2, 0) is 19.1 Å². The minimum Gasteiger partial charge on any atom is -0.466 e. The van der Waals surface area contributed by atoms with Crippen molar-refractivity contribution >= 4 is 11.9 Å². The van der Waals surface area contributed by atoms with Crippen molar-refractivity contribution in [3.8, 4) is 0 Å². The molecule has 23 heavy (non-hydrogen) atoms. The van der Waals surface area contributed by atoms with E-state index in [1.807, 2.05) is 6.92 Å². The zero-order valence-electron chi connectivity index (χ0n) is 12.8. The van der Waals surface area contributed by atoms with Gasteiger partial charge in [-0.15, -0.1) is 0 Å². The van der Waals surface area contributed by atoms with Crippen LogP contribution in [0.25, 0.3) is 0 Å². The third kappa shape index (κ3) is 7.17. The predicted molar refractivity (Wildman–Crippen MR) is 76.4 cm³/mol. The molecule has 1 aromatic carbocycles. The molecule has 0 heterocycles. The van der Waals surface area contributed by atoms with Gasteiger partial charge >= 0.3 is 18.1 Å². The highest BCUT2D eigenvalue weighted by Gasteiger charge is 2.43. The molecule has 128 valence electrons. The molecule has 0 aliphatic carbocycles. The van der Waals surface area contributed by atoms with Crippen molar-refractivity contribution in [3.05, 3.63) is 35.9 Å². The molecule has 0 saturated carbocycles. The molecule has 1 atom stereocenters. The van der Waals surface area contributed by atoms with Crippen molar-refractivity contribution in [2.45, 2.75) is 44.9 Å². The summed E-state index contributed by atoms with van der Waals surface area (Å²) in [5.74, 6) is -1.48. The summed E-state index contributed by atoms with van der Waals surface area (Å²) in [5, 5.41) is 0. The van der Waals surface area contributed by atoms with Crippen LogP contribution in [-0.4, -0.2) is 24.7 Å². The summed E-state index contributed by atoms with van der Waals surface area (Å²) in [6.45, 7) is 2.12. The lowest BCUT2D eigenvalue weighted by molar-refractivity contribution is -0.224. The number of rotatable bonds is 8. The van der Waals surface area contributed by atoms with Crippen molar-refractivity contribution < 1.29 is 32.2 Å². The van der Waals surface area contributed by atoms with Crippen molar-refractivity contribution in [1.29, 1.82) is 0 Å². The van der Waals surface area contributed by atoms with Gasteiger partial charge in [0.15, 0.2) is 0 Å². The number of esters is 2. The summed E-state index contributed by atoms with van der Waals surface area (Å²) in [6.07, 6.45) is -6.54. The summed E-state index contributed by atoms with van der Waals surface area (Å²) < 4.78 is 48.4. The molecule has 0 spiro atoms. The molecule has 7 heteroatoms. The fourth-order valence-corrected chi connectivity index (χ4v) is 1.81. The van der Waals surface area contributed by atoms with Gasteiger partial charge in [-0.05, 0) is 12.8 Å². The average molecular weight is 332 g/mol. The lowest BCUT2D eigenvalue weighted by Gasteiger charge is -2.21. The van der Waals surface area contributed by atoms with Crippen LogP contribution in [0.5, 0.6) is 0 Å². The van der Waals surface area contributed by atoms with Crippen molar-refractivity contribution in [1.82, 2.24) is 0 Å². The van der Waals surface area contributed by atoms with Crippen LogP contribution in [0.3, 0.4) is 0 Å². The van der Waals surface area contributed by atoms with Gasteiger partial charge in [-0.2, -0.15) is 13.2 Å². The Hall–Kier alpha value is -2.05. The van der Waals surface area contributed by atoms with E-state index in [1.54, 1.807) is 6.07 Å². The zero-order valence-corrected chi connectivity index (χ0v) is 12.8. The van der Waals surface area contributed by atoms with Gasteiger partial charge in [0.05, 0.1) is 6.61 Å². The number of alkyl halides is 3. The van der Waals surface area contributed by atoms with Gasteiger partial charge in [-0.3, -0.25) is 9.59 Å². The number of carbonyl (C=O) groups is 2. The summed E-state index contributed by atoms with van der Waals surface area (Å²) in [4.78, 5) is 22.8. The fourth-order valence-electron chi connectivity index (χ4n) is 1.81. The van der Waals surface area contributed by atoms with Crippen LogP contribution in [0, 0.1) is 0 Å². The first-order valence-corrected chi connectivity index (χ1v) is 7.31. The van der Waals surface area contributed by atoms with Crippen molar-refractivity contribution in [2.24, 2.45) is 0 Å². The molecule has 0 bridgehead atoms. The Balaban J connectivity index is 2.51. The number of ether oxygens (including phenoxy) is 2. The van der Waals surface area contributed by atoms with Crippen LogP contribution in [0.15, 0.2) is 30.3 Å². The van der Waals surface area contributed by atoms with E-state index in [4.69, 9.17) is 4.74 Å². The molecule has 0 amide bonds. The standard InChI is InChI=1S/C16H19F3O4/c1-2-11-22-13(20)9-6-10-14(21)23-15(16(17,18)19)12-7-4-3-5-8-12/h3-5,7-8,15H,2,6,9-11H2,1H3. The average Bonchev–Trinajstić information content (AvgIpc) is 2.50. The third-order valence-electron chi connectivity index (χ3n) is 2.88. The second-order valence-electron chi connectivity index (χ2n) is 4.90. The van der Waals surface area contributed by atoms with Gasteiger partial charge in [0, 0.05) is 18.4 Å². The van der Waals surface area contributed by atoms with Crippen LogP contribution in [0.4, 0.5) is 13.2 Å². The quantitative estimate of drug-likeness (QED) is 0.676. The fraction of sp³-hybridized carbons (Fsp3) is 0.500. The van der Waals surface area contributed by atoms with Gasteiger partial charge in [-0.25, -0.2) is 0 Å². The molecule has 0 aliphatic rings. The third-order valence-corrected chi connectivity index (χ3v) is 2.88. The minimum absolute atomic E-state index is 0.0306. The smallest absolute Gasteiger partial charge is 0.429 e. The number of carbonyl (C=O) groups excluding carboxylic acids is 2. The zero-order chi connectivity index (χ0) is 17.3. The molecule has 0 aliphatic heterocycles. The summed E-state index contributed by atoms with van der Waals surface area (Å²) in [6, 6.07) is 6.93. The molecule has 4 nitrogen and oxygen atoms in total. The van der Waals surface area contributed by atoms with Crippen molar-refractivity contribution in [2.75, 3.05) is 6.61 Å². The first kappa shape index (κ1) is 19.0. The summed E-state index contributed by atoms with van der Waals surface area (Å²) >= 11 is 0. The largest absolute Gasteiger partial charge is 0.466 e. The van der Waals surface area contributed by atoms with Gasteiger partial charge in [0.25, 0.3) is 0 Å². The van der Waals surface area contributed by atoms with E-state index in [0.717, 1.165) is 0 Å². The second-order valence-corrected chi connectivity index (χ2v) is 4.90. The molecule has 0 radical (unpaired) electrons. The highest BCUT2D eigenvalue weighted by atomic mass is 19.4. The van der Waals surface area contributed by atoms with E-state index in [2.05, 4.69) is 4.74 Å². The van der Waals surface area contributed by atoms with Gasteiger partial charge in [0.2, 0.25) is 6.10 Å². The van der Waals surface area contributed by atoms with Crippen molar-refractivity contribution in [3.63, 3.8) is 0 Å². The molecule has 1 unspecified atom stereocenters. The van der Waals surface area contributed by atoms with Crippen LogP contribution in [0.1, 0.15) is 44.3 Å². The molecule has 0 fully saturated rings. The van der Waals surface area contributed by atoms with E-state index in [9.17, 15) is 22.8 Å². The van der Waals surface area contributed by atoms with E-state index in [1.165, 1.54) is 24.3 Å². The minimum atomic E-state index is -4.70. The Bertz CT molecular complexity index is 500. The highest BCUT2D eigenvalue weighted by molar-refractivity contribution is 5.72. The molecule has 1 rings (SSSR count).